The van der Waals surface area contributed by atoms with Crippen molar-refractivity contribution in [2.24, 2.45) is 0 Å². The average molecular weight is 235 g/mol. The monoisotopic (exact) mass is 234 g/mol. The Balaban J connectivity index is 2.05. The molecular weight excluding hydrogens is 224 g/mol. The smallest absolute Gasteiger partial charge is 0.218 e. The van der Waals surface area contributed by atoms with Gasteiger partial charge in [0.15, 0.2) is 0 Å². The van der Waals surface area contributed by atoms with E-state index >= 15 is 0 Å². The van der Waals surface area contributed by atoms with Crippen LogP contribution in [0.15, 0.2) is 36.4 Å². The van der Waals surface area contributed by atoms with E-state index in [9.17, 15) is 0 Å². The van der Waals surface area contributed by atoms with Crippen molar-refractivity contribution in [3.63, 3.8) is 0 Å². The Labute approximate surface area is 99.1 Å². The summed E-state index contributed by atoms with van der Waals surface area (Å²) in [5.41, 5.74) is 1.09. The molecule has 0 amide bonds. The lowest BCUT2D eigenvalue weighted by Gasteiger charge is -2.05. The Bertz CT molecular complexity index is 453. The number of aromatic nitrogens is 2. The number of ether oxygens (including phenoxy) is 1. The minimum Gasteiger partial charge on any atom is -0.473 e. The number of halogens is 1. The molecular formula is C12H11ClN2O. The molecule has 0 spiro atoms. The SMILES string of the molecule is Cc1nc(Cl)cc(OCc2ccccc2)n1. The molecule has 0 unspecified atom stereocenters. The molecule has 0 aliphatic rings. The van der Waals surface area contributed by atoms with E-state index in [-0.39, 0.29) is 0 Å². The first-order valence-corrected chi connectivity index (χ1v) is 5.30. The van der Waals surface area contributed by atoms with Crippen molar-refractivity contribution in [3.8, 4) is 5.88 Å². The Kier molecular flexibility index (Phi) is 3.37. The van der Waals surface area contributed by atoms with Crippen LogP contribution >= 0.6 is 11.6 Å². The molecule has 0 fully saturated rings. The summed E-state index contributed by atoms with van der Waals surface area (Å²) in [4.78, 5) is 8.09. The van der Waals surface area contributed by atoms with Crippen LogP contribution in [0.5, 0.6) is 5.88 Å². The van der Waals surface area contributed by atoms with Crippen LogP contribution in [-0.4, -0.2) is 9.97 Å². The van der Waals surface area contributed by atoms with Crippen molar-refractivity contribution in [1.82, 2.24) is 9.97 Å². The summed E-state index contributed by atoms with van der Waals surface area (Å²) in [5, 5.41) is 0.399. The zero-order chi connectivity index (χ0) is 11.4. The van der Waals surface area contributed by atoms with Gasteiger partial charge in [0, 0.05) is 6.07 Å². The first-order valence-electron chi connectivity index (χ1n) is 4.92. The summed E-state index contributed by atoms with van der Waals surface area (Å²) in [5.74, 6) is 1.11. The number of nitrogens with zero attached hydrogens (tertiary/aromatic N) is 2. The minimum atomic E-state index is 0.399. The quantitative estimate of drug-likeness (QED) is 0.766. The number of aryl methyl sites for hydroxylation is 1. The molecule has 2 rings (SSSR count). The van der Waals surface area contributed by atoms with E-state index in [0.29, 0.717) is 23.5 Å². The predicted octanol–water partition coefficient (Wildman–Crippen LogP) is 3.02. The van der Waals surface area contributed by atoms with E-state index in [1.54, 1.807) is 13.0 Å². The fourth-order valence-corrected chi connectivity index (χ4v) is 1.53. The van der Waals surface area contributed by atoms with Gasteiger partial charge in [0.05, 0.1) is 0 Å². The molecule has 82 valence electrons. The zero-order valence-corrected chi connectivity index (χ0v) is 9.61. The standard InChI is InChI=1S/C12H11ClN2O/c1-9-14-11(13)7-12(15-9)16-8-10-5-3-2-4-6-10/h2-7H,8H2,1H3. The van der Waals surface area contributed by atoms with Gasteiger partial charge in [-0.2, -0.15) is 4.98 Å². The van der Waals surface area contributed by atoms with Gasteiger partial charge in [0.2, 0.25) is 5.88 Å². The highest BCUT2D eigenvalue weighted by Gasteiger charge is 2.01. The molecule has 4 heteroatoms. The third kappa shape index (κ3) is 2.94. The second-order valence-corrected chi connectivity index (χ2v) is 3.74. The molecule has 1 aromatic heterocycles. The van der Waals surface area contributed by atoms with E-state index < -0.39 is 0 Å². The van der Waals surface area contributed by atoms with E-state index in [0.717, 1.165) is 5.56 Å². The van der Waals surface area contributed by atoms with Crippen LogP contribution in [-0.2, 0) is 6.61 Å². The van der Waals surface area contributed by atoms with E-state index in [2.05, 4.69) is 9.97 Å². The molecule has 1 heterocycles. The molecule has 0 N–H and O–H groups in total. The molecule has 3 nitrogen and oxygen atoms in total. The van der Waals surface area contributed by atoms with Crippen molar-refractivity contribution in [2.45, 2.75) is 13.5 Å². The van der Waals surface area contributed by atoms with Crippen LogP contribution in [0.2, 0.25) is 5.15 Å². The summed E-state index contributed by atoms with van der Waals surface area (Å²) in [6.07, 6.45) is 0. The lowest BCUT2D eigenvalue weighted by atomic mass is 10.2. The fraction of sp³-hybridized carbons (Fsp3) is 0.167. The molecule has 0 aliphatic heterocycles. The first-order chi connectivity index (χ1) is 7.74. The summed E-state index contributed by atoms with van der Waals surface area (Å²) in [6.45, 7) is 2.26. The predicted molar refractivity (Wildman–Crippen MR) is 62.6 cm³/mol. The van der Waals surface area contributed by atoms with Gasteiger partial charge in [-0.25, -0.2) is 4.98 Å². The Morgan fingerprint density at radius 2 is 1.94 bits per heavy atom. The lowest BCUT2D eigenvalue weighted by molar-refractivity contribution is 0.292. The molecule has 1 aromatic carbocycles. The average Bonchev–Trinajstić information content (AvgIpc) is 2.27. The zero-order valence-electron chi connectivity index (χ0n) is 8.85. The summed E-state index contributed by atoms with van der Waals surface area (Å²) < 4.78 is 5.52. The van der Waals surface area contributed by atoms with Crippen molar-refractivity contribution < 1.29 is 4.74 Å². The second kappa shape index (κ2) is 4.94. The summed E-state index contributed by atoms with van der Waals surface area (Å²) in [7, 11) is 0. The Hall–Kier alpha value is -1.61. The highest BCUT2D eigenvalue weighted by atomic mass is 35.5. The van der Waals surface area contributed by atoms with E-state index in [1.807, 2.05) is 30.3 Å². The second-order valence-electron chi connectivity index (χ2n) is 3.35. The first kappa shape index (κ1) is 10.9. The van der Waals surface area contributed by atoms with Gasteiger partial charge in [0.25, 0.3) is 0 Å². The Morgan fingerprint density at radius 3 is 2.62 bits per heavy atom. The molecule has 2 aromatic rings. The molecule has 0 aliphatic carbocycles. The maximum atomic E-state index is 5.80. The topological polar surface area (TPSA) is 35.0 Å². The third-order valence-electron chi connectivity index (χ3n) is 2.01. The number of hydrogen-bond donors (Lipinski definition) is 0. The molecule has 0 radical (unpaired) electrons. The number of rotatable bonds is 3. The van der Waals surface area contributed by atoms with Gasteiger partial charge in [0.1, 0.15) is 17.6 Å². The lowest BCUT2D eigenvalue weighted by Crippen LogP contribution is -1.99. The van der Waals surface area contributed by atoms with Gasteiger partial charge in [-0.05, 0) is 12.5 Å². The van der Waals surface area contributed by atoms with Gasteiger partial charge in [-0.3, -0.25) is 0 Å². The highest BCUT2D eigenvalue weighted by Crippen LogP contribution is 2.14. The van der Waals surface area contributed by atoms with Crippen molar-refractivity contribution in [1.29, 1.82) is 0 Å². The van der Waals surface area contributed by atoms with Crippen LogP contribution in [0.4, 0.5) is 0 Å². The van der Waals surface area contributed by atoms with Crippen LogP contribution in [0.3, 0.4) is 0 Å². The molecule has 0 saturated carbocycles. The normalized spacial score (nSPS) is 10.1. The van der Waals surface area contributed by atoms with E-state index in [1.165, 1.54) is 0 Å². The van der Waals surface area contributed by atoms with Gasteiger partial charge >= 0.3 is 0 Å². The van der Waals surface area contributed by atoms with Crippen molar-refractivity contribution >= 4 is 11.6 Å². The van der Waals surface area contributed by atoms with Crippen LogP contribution in [0.1, 0.15) is 11.4 Å². The number of benzene rings is 1. The fourth-order valence-electron chi connectivity index (χ4n) is 1.31. The minimum absolute atomic E-state index is 0.399. The molecule has 0 atom stereocenters. The Morgan fingerprint density at radius 1 is 1.19 bits per heavy atom. The van der Waals surface area contributed by atoms with Crippen molar-refractivity contribution in [2.75, 3.05) is 0 Å². The van der Waals surface area contributed by atoms with Crippen LogP contribution < -0.4 is 4.74 Å². The van der Waals surface area contributed by atoms with Gasteiger partial charge < -0.3 is 4.74 Å². The van der Waals surface area contributed by atoms with Crippen LogP contribution in [0.25, 0.3) is 0 Å². The third-order valence-corrected chi connectivity index (χ3v) is 2.21. The molecule has 0 saturated heterocycles. The largest absolute Gasteiger partial charge is 0.473 e. The van der Waals surface area contributed by atoms with Crippen LogP contribution in [0, 0.1) is 6.92 Å². The number of hydrogen-bond acceptors (Lipinski definition) is 3. The summed E-state index contributed by atoms with van der Waals surface area (Å²) >= 11 is 5.80. The van der Waals surface area contributed by atoms with Crippen molar-refractivity contribution in [3.05, 3.63) is 52.9 Å². The maximum absolute atomic E-state index is 5.80. The van der Waals surface area contributed by atoms with Gasteiger partial charge in [-0.1, -0.05) is 41.9 Å². The molecule has 16 heavy (non-hydrogen) atoms. The highest BCUT2D eigenvalue weighted by molar-refractivity contribution is 6.29. The van der Waals surface area contributed by atoms with E-state index in [4.69, 9.17) is 16.3 Å². The molecule has 0 bridgehead atoms. The summed E-state index contributed by atoms with van der Waals surface area (Å²) in [6, 6.07) is 11.5. The maximum Gasteiger partial charge on any atom is 0.218 e. The van der Waals surface area contributed by atoms with Gasteiger partial charge in [-0.15, -0.1) is 0 Å².